The monoisotopic (exact) mass is 463 g/mol. The van der Waals surface area contributed by atoms with Gasteiger partial charge in [0.25, 0.3) is 0 Å². The molecule has 0 atom stereocenters. The number of rotatable bonds is 7. The molecule has 0 bridgehead atoms. The lowest BCUT2D eigenvalue weighted by molar-refractivity contribution is 0.570. The van der Waals surface area contributed by atoms with Crippen molar-refractivity contribution >= 4 is 40.7 Å². The number of nitrogens with zero attached hydrogens (tertiary/aromatic N) is 3. The molecule has 0 unspecified atom stereocenters. The van der Waals surface area contributed by atoms with Crippen molar-refractivity contribution in [3.63, 3.8) is 0 Å². The largest absolute Gasteiger partial charge is 0.357 e. The minimum Gasteiger partial charge on any atom is -0.357 e. The Kier molecular flexibility index (Phi) is 8.40. The molecule has 0 aliphatic carbocycles. The summed E-state index contributed by atoms with van der Waals surface area (Å²) in [6.45, 7) is 5.36. The van der Waals surface area contributed by atoms with Gasteiger partial charge >= 0.3 is 0 Å². The van der Waals surface area contributed by atoms with E-state index in [9.17, 15) is 0 Å². The molecule has 0 radical (unpaired) electrons. The summed E-state index contributed by atoms with van der Waals surface area (Å²) in [6, 6.07) is 16.8. The van der Waals surface area contributed by atoms with Crippen LogP contribution >= 0.6 is 24.0 Å². The minimum atomic E-state index is 0. The van der Waals surface area contributed by atoms with Gasteiger partial charge in [0, 0.05) is 32.0 Å². The quantitative estimate of drug-likeness (QED) is 0.243. The smallest absolute Gasteiger partial charge is 0.191 e. The number of aromatic nitrogens is 2. The molecular formula is C20H26IN5. The van der Waals surface area contributed by atoms with E-state index in [1.807, 2.05) is 23.1 Å². The molecule has 2 N–H and O–H groups in total. The average Bonchev–Trinajstić information content (AvgIpc) is 3.16. The van der Waals surface area contributed by atoms with Crippen molar-refractivity contribution in [1.82, 2.24) is 20.4 Å². The van der Waals surface area contributed by atoms with E-state index in [1.165, 1.54) is 16.3 Å². The maximum Gasteiger partial charge on any atom is 0.191 e. The van der Waals surface area contributed by atoms with E-state index in [0.29, 0.717) is 6.54 Å². The van der Waals surface area contributed by atoms with Crippen LogP contribution in [-0.2, 0) is 13.1 Å². The van der Waals surface area contributed by atoms with E-state index in [1.54, 1.807) is 0 Å². The normalized spacial score (nSPS) is 11.2. The number of nitrogens with one attached hydrogen (secondary N) is 2. The Labute approximate surface area is 171 Å². The molecule has 3 rings (SSSR count). The Morgan fingerprint density at radius 3 is 2.73 bits per heavy atom. The fourth-order valence-electron chi connectivity index (χ4n) is 2.82. The first-order valence-corrected chi connectivity index (χ1v) is 8.83. The summed E-state index contributed by atoms with van der Waals surface area (Å²) >= 11 is 0. The molecular weight excluding hydrogens is 437 g/mol. The average molecular weight is 463 g/mol. The second kappa shape index (κ2) is 10.8. The number of hydrogen-bond donors (Lipinski definition) is 2. The third-order valence-electron chi connectivity index (χ3n) is 4.05. The summed E-state index contributed by atoms with van der Waals surface area (Å²) < 4.78 is 1.95. The van der Waals surface area contributed by atoms with Crippen molar-refractivity contribution in [2.45, 2.75) is 26.4 Å². The first kappa shape index (κ1) is 20.2. The SMILES string of the molecule is CCNC(=NCc1cccc2ccccc12)NCCCn1cccn1.I. The zero-order valence-corrected chi connectivity index (χ0v) is 17.4. The van der Waals surface area contributed by atoms with Crippen molar-refractivity contribution < 1.29 is 0 Å². The van der Waals surface area contributed by atoms with Crippen LogP contribution in [0.25, 0.3) is 10.8 Å². The number of fused-ring (bicyclic) bond motifs is 1. The Bertz CT molecular complexity index is 809. The fraction of sp³-hybridized carbons (Fsp3) is 0.300. The third-order valence-corrected chi connectivity index (χ3v) is 4.05. The van der Waals surface area contributed by atoms with Crippen LogP contribution in [0.4, 0.5) is 0 Å². The predicted octanol–water partition coefficient (Wildman–Crippen LogP) is 3.80. The Morgan fingerprint density at radius 1 is 1.08 bits per heavy atom. The molecule has 3 aromatic rings. The number of aliphatic imine (C=N–C) groups is 1. The summed E-state index contributed by atoms with van der Waals surface area (Å²) in [6.07, 6.45) is 4.79. The van der Waals surface area contributed by atoms with Crippen LogP contribution in [0.3, 0.4) is 0 Å². The number of benzene rings is 2. The van der Waals surface area contributed by atoms with Crippen molar-refractivity contribution in [2.24, 2.45) is 4.99 Å². The molecule has 138 valence electrons. The van der Waals surface area contributed by atoms with Gasteiger partial charge in [0.1, 0.15) is 0 Å². The Hall–Kier alpha value is -2.09. The molecule has 26 heavy (non-hydrogen) atoms. The second-order valence-electron chi connectivity index (χ2n) is 5.88. The van der Waals surface area contributed by atoms with Crippen LogP contribution in [0.1, 0.15) is 18.9 Å². The fourth-order valence-corrected chi connectivity index (χ4v) is 2.82. The zero-order valence-electron chi connectivity index (χ0n) is 15.1. The molecule has 0 amide bonds. The third kappa shape index (κ3) is 5.72. The minimum absolute atomic E-state index is 0. The van der Waals surface area contributed by atoms with E-state index < -0.39 is 0 Å². The lowest BCUT2D eigenvalue weighted by Gasteiger charge is -2.12. The molecule has 1 aromatic heterocycles. The number of guanidine groups is 1. The highest BCUT2D eigenvalue weighted by atomic mass is 127. The van der Waals surface area contributed by atoms with E-state index >= 15 is 0 Å². The standard InChI is InChI=1S/C20H25N5.HI/c1-2-21-20(22-12-6-14-25-15-7-13-24-25)23-16-18-10-5-9-17-8-3-4-11-19(17)18;/h3-5,7-11,13,15H,2,6,12,14,16H2,1H3,(H2,21,22,23);1H. The van der Waals surface area contributed by atoms with Crippen LogP contribution in [0.15, 0.2) is 65.9 Å². The van der Waals surface area contributed by atoms with Gasteiger partial charge in [0.2, 0.25) is 0 Å². The van der Waals surface area contributed by atoms with Crippen LogP contribution < -0.4 is 10.6 Å². The molecule has 0 aliphatic heterocycles. The molecule has 6 heteroatoms. The van der Waals surface area contributed by atoms with Crippen molar-refractivity contribution in [3.05, 3.63) is 66.5 Å². The maximum atomic E-state index is 4.74. The molecule has 0 spiro atoms. The Balaban J connectivity index is 0.00000243. The molecule has 5 nitrogen and oxygen atoms in total. The number of halogens is 1. The van der Waals surface area contributed by atoms with Gasteiger partial charge in [-0.25, -0.2) is 4.99 Å². The second-order valence-corrected chi connectivity index (χ2v) is 5.88. The maximum absolute atomic E-state index is 4.74. The molecule has 0 saturated heterocycles. The van der Waals surface area contributed by atoms with Gasteiger partial charge in [-0.3, -0.25) is 4.68 Å². The van der Waals surface area contributed by atoms with E-state index in [0.717, 1.165) is 32.0 Å². The summed E-state index contributed by atoms with van der Waals surface area (Å²) in [7, 11) is 0. The van der Waals surface area contributed by atoms with Gasteiger partial charge in [0.15, 0.2) is 5.96 Å². The lowest BCUT2D eigenvalue weighted by Crippen LogP contribution is -2.38. The van der Waals surface area contributed by atoms with E-state index in [2.05, 4.69) is 65.1 Å². The summed E-state index contributed by atoms with van der Waals surface area (Å²) in [5.74, 6) is 0.857. The van der Waals surface area contributed by atoms with E-state index in [4.69, 9.17) is 4.99 Å². The van der Waals surface area contributed by atoms with Crippen molar-refractivity contribution in [2.75, 3.05) is 13.1 Å². The topological polar surface area (TPSA) is 54.2 Å². The predicted molar refractivity (Wildman–Crippen MR) is 119 cm³/mol. The first-order valence-electron chi connectivity index (χ1n) is 8.83. The Morgan fingerprint density at radius 2 is 1.92 bits per heavy atom. The van der Waals surface area contributed by atoms with Crippen molar-refractivity contribution in [1.29, 1.82) is 0 Å². The number of aryl methyl sites for hydroxylation is 1. The molecule has 1 heterocycles. The van der Waals surface area contributed by atoms with Crippen LogP contribution in [0.5, 0.6) is 0 Å². The van der Waals surface area contributed by atoms with Crippen LogP contribution in [0.2, 0.25) is 0 Å². The van der Waals surface area contributed by atoms with Gasteiger partial charge in [-0.2, -0.15) is 5.10 Å². The van der Waals surface area contributed by atoms with Gasteiger partial charge in [-0.1, -0.05) is 42.5 Å². The number of hydrogen-bond acceptors (Lipinski definition) is 2. The zero-order chi connectivity index (χ0) is 17.3. The van der Waals surface area contributed by atoms with E-state index in [-0.39, 0.29) is 24.0 Å². The summed E-state index contributed by atoms with van der Waals surface area (Å²) in [5, 5.41) is 13.5. The lowest BCUT2D eigenvalue weighted by atomic mass is 10.1. The van der Waals surface area contributed by atoms with Crippen molar-refractivity contribution in [3.8, 4) is 0 Å². The molecule has 2 aromatic carbocycles. The molecule has 0 saturated carbocycles. The van der Waals surface area contributed by atoms with Gasteiger partial charge in [-0.05, 0) is 35.7 Å². The summed E-state index contributed by atoms with van der Waals surface area (Å²) in [4.78, 5) is 4.74. The van der Waals surface area contributed by atoms with Gasteiger partial charge in [-0.15, -0.1) is 24.0 Å². The van der Waals surface area contributed by atoms with Crippen LogP contribution in [-0.4, -0.2) is 28.8 Å². The first-order chi connectivity index (χ1) is 12.4. The van der Waals surface area contributed by atoms with Gasteiger partial charge in [0.05, 0.1) is 6.54 Å². The molecule has 0 fully saturated rings. The molecule has 0 aliphatic rings. The van der Waals surface area contributed by atoms with Gasteiger partial charge < -0.3 is 10.6 Å². The van der Waals surface area contributed by atoms with Crippen LogP contribution in [0, 0.1) is 0 Å². The highest BCUT2D eigenvalue weighted by Gasteiger charge is 2.01. The summed E-state index contributed by atoms with van der Waals surface area (Å²) in [5.41, 5.74) is 1.24. The highest BCUT2D eigenvalue weighted by molar-refractivity contribution is 14.0. The highest BCUT2D eigenvalue weighted by Crippen LogP contribution is 2.18.